The minimum Gasteiger partial charge on any atom is -0.483 e. The van der Waals surface area contributed by atoms with Crippen LogP contribution in [0.1, 0.15) is 41.6 Å². The van der Waals surface area contributed by atoms with Gasteiger partial charge in [0, 0.05) is 35.2 Å². The Morgan fingerprint density at radius 3 is 2.24 bits per heavy atom. The van der Waals surface area contributed by atoms with Gasteiger partial charge in [0.1, 0.15) is 5.75 Å². The average molecular weight is 584 g/mol. The second-order valence-electron chi connectivity index (χ2n) is 11.0. The number of ether oxygens (including phenoxy) is 1. The van der Waals surface area contributed by atoms with Gasteiger partial charge in [-0.3, -0.25) is 29.6 Å². The first-order valence-electron chi connectivity index (χ1n) is 14.4. The van der Waals surface area contributed by atoms with E-state index in [1.807, 2.05) is 16.9 Å². The van der Waals surface area contributed by atoms with Crippen molar-refractivity contribution in [3.63, 3.8) is 0 Å². The predicted molar refractivity (Wildman–Crippen MR) is 161 cm³/mol. The fourth-order valence-electron chi connectivity index (χ4n) is 6.00. The number of benzene rings is 3. The molecule has 2 fully saturated rings. The molecule has 0 atom stereocenters. The van der Waals surface area contributed by atoms with E-state index in [-0.39, 0.29) is 23.8 Å². The van der Waals surface area contributed by atoms with E-state index in [1.165, 1.54) is 16.1 Å². The van der Waals surface area contributed by atoms with Crippen molar-refractivity contribution in [2.45, 2.75) is 37.8 Å². The number of piperidine rings is 1. The predicted octanol–water partition coefficient (Wildman–Crippen LogP) is 4.81. The van der Waals surface area contributed by atoms with Crippen LogP contribution < -0.4 is 10.2 Å². The lowest BCUT2D eigenvalue weighted by molar-refractivity contribution is -0.138. The minimum atomic E-state index is -0.307. The molecular weight excluding hydrogens is 550 g/mol. The highest BCUT2D eigenvalue weighted by Gasteiger charge is 2.37. The molecule has 216 valence electrons. The van der Waals surface area contributed by atoms with Crippen molar-refractivity contribution in [2.75, 3.05) is 26.2 Å². The summed E-state index contributed by atoms with van der Waals surface area (Å²) in [6.45, 7) is 3.38. The van der Waals surface area contributed by atoms with Gasteiger partial charge in [0.15, 0.2) is 6.61 Å². The minimum absolute atomic E-state index is 0.0190. The number of hydrogen-bond donors (Lipinski definition) is 1. The zero-order valence-corrected chi connectivity index (χ0v) is 24.2. The van der Waals surface area contributed by atoms with Crippen LogP contribution in [-0.2, 0) is 28.1 Å². The third-order valence-electron chi connectivity index (χ3n) is 8.28. The molecule has 3 heterocycles. The lowest BCUT2D eigenvalue weighted by atomic mass is 9.68. The van der Waals surface area contributed by atoms with Crippen molar-refractivity contribution in [3.8, 4) is 5.75 Å². The molecule has 6 rings (SSSR count). The molecule has 8 nitrogen and oxygen atoms in total. The monoisotopic (exact) mass is 583 g/mol. The Balaban J connectivity index is 1.09. The molecule has 1 N–H and O–H groups in total. The highest BCUT2D eigenvalue weighted by atomic mass is 35.5. The number of carbonyl (C=O) groups is 2. The number of hydrogen-bond acceptors (Lipinski definition) is 5. The molecule has 4 aromatic rings. The van der Waals surface area contributed by atoms with Crippen molar-refractivity contribution in [3.05, 3.63) is 119 Å². The summed E-state index contributed by atoms with van der Waals surface area (Å²) in [5.74, 6) is 0.0448. The van der Waals surface area contributed by atoms with E-state index in [1.54, 1.807) is 12.1 Å². The third-order valence-corrected chi connectivity index (χ3v) is 8.51. The van der Waals surface area contributed by atoms with Crippen molar-refractivity contribution >= 4 is 23.4 Å². The highest BCUT2D eigenvalue weighted by Crippen LogP contribution is 2.41. The summed E-state index contributed by atoms with van der Waals surface area (Å²) in [6, 6.07) is 29.2. The molecule has 0 saturated carbocycles. The van der Waals surface area contributed by atoms with Crippen LogP contribution in [0.3, 0.4) is 0 Å². The summed E-state index contributed by atoms with van der Waals surface area (Å²) in [5, 5.41) is 6.65. The molecule has 2 saturated heterocycles. The number of aromatic nitrogens is 2. The van der Waals surface area contributed by atoms with Crippen LogP contribution in [0.25, 0.3) is 0 Å². The van der Waals surface area contributed by atoms with Crippen LogP contribution in [0.5, 0.6) is 5.75 Å². The van der Waals surface area contributed by atoms with Crippen LogP contribution >= 0.6 is 11.6 Å². The van der Waals surface area contributed by atoms with Crippen molar-refractivity contribution < 1.29 is 14.3 Å². The van der Waals surface area contributed by atoms with Crippen LogP contribution in [-0.4, -0.2) is 57.7 Å². The fraction of sp³-hybridized carbons (Fsp3) is 0.303. The molecule has 42 heavy (non-hydrogen) atoms. The SMILES string of the molecule is O=C1CCN(C(=O)COc2cc(Cl)ccc2Cn2ccc(CN3CCC(c4ccccc4)(c4ccccc4)CC3)n2)N1. The van der Waals surface area contributed by atoms with Gasteiger partial charge in [0.25, 0.3) is 5.91 Å². The number of hydrazine groups is 1. The van der Waals surface area contributed by atoms with Crippen molar-refractivity contribution in [1.82, 2.24) is 25.1 Å². The summed E-state index contributed by atoms with van der Waals surface area (Å²) >= 11 is 6.23. The first-order valence-corrected chi connectivity index (χ1v) is 14.7. The van der Waals surface area contributed by atoms with Gasteiger partial charge in [0.05, 0.1) is 18.8 Å². The standard InChI is InChI=1S/C33H34ClN5O3/c34-28-12-11-25(30(21-28)42-24-32(41)39-18-14-31(40)36-39)22-38-17-13-29(35-38)23-37-19-15-33(16-20-37,26-7-3-1-4-8-26)27-9-5-2-6-10-27/h1-13,17,21H,14-16,18-20,22-24H2,(H,36,40). The molecule has 0 radical (unpaired) electrons. The first kappa shape index (κ1) is 28.0. The molecule has 0 unspecified atom stereocenters. The Hall–Kier alpha value is -4.14. The second-order valence-corrected chi connectivity index (χ2v) is 11.4. The van der Waals surface area contributed by atoms with E-state index in [0.29, 0.717) is 30.3 Å². The molecule has 3 aromatic carbocycles. The molecular formula is C33H34ClN5O3. The topological polar surface area (TPSA) is 79.7 Å². The number of likely N-dealkylation sites (tertiary alicyclic amines) is 1. The summed E-state index contributed by atoms with van der Waals surface area (Å²) < 4.78 is 7.73. The third kappa shape index (κ3) is 6.20. The summed E-state index contributed by atoms with van der Waals surface area (Å²) in [5.41, 5.74) is 7.19. The zero-order valence-electron chi connectivity index (χ0n) is 23.4. The Labute approximate surface area is 250 Å². The Bertz CT molecular complexity index is 1490. The van der Waals surface area contributed by atoms with Crippen LogP contribution in [0.15, 0.2) is 91.1 Å². The summed E-state index contributed by atoms with van der Waals surface area (Å²) in [6.07, 6.45) is 4.37. The van der Waals surface area contributed by atoms with Crippen molar-refractivity contribution in [1.29, 1.82) is 0 Å². The lowest BCUT2D eigenvalue weighted by Gasteiger charge is -2.42. The van der Waals surface area contributed by atoms with Gasteiger partial charge < -0.3 is 4.74 Å². The Morgan fingerprint density at radius 2 is 1.60 bits per heavy atom. The molecule has 2 amide bonds. The molecule has 0 aliphatic carbocycles. The Morgan fingerprint density at radius 1 is 0.905 bits per heavy atom. The normalized spacial score (nSPS) is 16.8. The molecule has 0 bridgehead atoms. The first-order chi connectivity index (χ1) is 20.5. The van der Waals surface area contributed by atoms with Gasteiger partial charge in [-0.05, 0) is 55.3 Å². The van der Waals surface area contributed by atoms with Crippen LogP contribution in [0, 0.1) is 0 Å². The van der Waals surface area contributed by atoms with Gasteiger partial charge in [-0.15, -0.1) is 0 Å². The molecule has 0 spiro atoms. The maximum absolute atomic E-state index is 12.4. The number of nitrogens with zero attached hydrogens (tertiary/aromatic N) is 4. The number of amides is 2. The maximum Gasteiger partial charge on any atom is 0.278 e. The summed E-state index contributed by atoms with van der Waals surface area (Å²) in [7, 11) is 0. The van der Waals surface area contributed by atoms with E-state index in [9.17, 15) is 9.59 Å². The zero-order chi connectivity index (χ0) is 28.9. The smallest absolute Gasteiger partial charge is 0.278 e. The quantitative estimate of drug-likeness (QED) is 0.306. The van der Waals surface area contributed by atoms with E-state index in [0.717, 1.165) is 43.7 Å². The maximum atomic E-state index is 12.4. The second kappa shape index (κ2) is 12.4. The van der Waals surface area contributed by atoms with Crippen LogP contribution in [0.2, 0.25) is 5.02 Å². The molecule has 2 aliphatic heterocycles. The molecule has 9 heteroatoms. The number of nitrogens with one attached hydrogen (secondary N) is 1. The van der Waals surface area contributed by atoms with E-state index in [2.05, 4.69) is 77.1 Å². The summed E-state index contributed by atoms with van der Waals surface area (Å²) in [4.78, 5) is 26.4. The largest absolute Gasteiger partial charge is 0.483 e. The van der Waals surface area contributed by atoms with E-state index < -0.39 is 0 Å². The number of halogens is 1. The van der Waals surface area contributed by atoms with E-state index in [4.69, 9.17) is 21.4 Å². The van der Waals surface area contributed by atoms with Crippen molar-refractivity contribution in [2.24, 2.45) is 0 Å². The van der Waals surface area contributed by atoms with Gasteiger partial charge in [-0.1, -0.05) is 78.3 Å². The van der Waals surface area contributed by atoms with Gasteiger partial charge in [0.2, 0.25) is 5.91 Å². The lowest BCUT2D eigenvalue weighted by Crippen LogP contribution is -2.43. The molecule has 2 aliphatic rings. The highest BCUT2D eigenvalue weighted by molar-refractivity contribution is 6.30. The van der Waals surface area contributed by atoms with Gasteiger partial charge in [-0.2, -0.15) is 5.10 Å². The Kier molecular flexibility index (Phi) is 8.26. The van der Waals surface area contributed by atoms with Crippen LogP contribution in [0.4, 0.5) is 0 Å². The molecule has 1 aromatic heterocycles. The number of carbonyl (C=O) groups excluding carboxylic acids is 2. The average Bonchev–Trinajstić information content (AvgIpc) is 3.67. The van der Waals surface area contributed by atoms with E-state index >= 15 is 0 Å². The fourth-order valence-corrected chi connectivity index (χ4v) is 6.17. The van der Waals surface area contributed by atoms with Gasteiger partial charge >= 0.3 is 0 Å². The van der Waals surface area contributed by atoms with Gasteiger partial charge in [-0.25, -0.2) is 0 Å². The number of rotatable bonds is 9.